The fourth-order valence-corrected chi connectivity index (χ4v) is 2.56. The van der Waals surface area contributed by atoms with Crippen LogP contribution in [0.25, 0.3) is 0 Å². The fourth-order valence-electron chi connectivity index (χ4n) is 1.99. The number of hydrogen-bond acceptors (Lipinski definition) is 2. The third kappa shape index (κ3) is 4.56. The molecule has 0 spiro atoms. The molecule has 120 valence electrons. The lowest BCUT2D eigenvalue weighted by atomic mass is 10.1. The van der Waals surface area contributed by atoms with E-state index in [0.29, 0.717) is 21.8 Å². The molecule has 2 rings (SSSR count). The van der Waals surface area contributed by atoms with Crippen molar-refractivity contribution in [3.8, 4) is 0 Å². The average Bonchev–Trinajstić information content (AvgIpc) is 2.49. The Balaban J connectivity index is 2.28. The molecule has 0 atom stereocenters. The predicted molar refractivity (Wildman–Crippen MR) is 96.1 cm³/mol. The van der Waals surface area contributed by atoms with Crippen LogP contribution in [0.15, 0.2) is 46.9 Å². The Morgan fingerprint density at radius 2 is 1.74 bits per heavy atom. The van der Waals surface area contributed by atoms with E-state index in [1.165, 1.54) is 0 Å². The Hall–Kier alpha value is -1.85. The molecule has 0 aliphatic heterocycles. The van der Waals surface area contributed by atoms with Crippen LogP contribution in [0.5, 0.6) is 0 Å². The number of amides is 2. The number of anilines is 1. The third-order valence-electron chi connectivity index (χ3n) is 3.01. The minimum atomic E-state index is -0.374. The maximum atomic E-state index is 12.4. The minimum Gasteiger partial charge on any atom is -0.350 e. The third-order valence-corrected chi connectivity index (χ3v) is 3.84. The second-order valence-corrected chi connectivity index (χ2v) is 6.57. The first-order valence-electron chi connectivity index (χ1n) is 7.04. The van der Waals surface area contributed by atoms with E-state index in [1.807, 2.05) is 13.8 Å². The van der Waals surface area contributed by atoms with Gasteiger partial charge in [-0.15, -0.1) is 0 Å². The molecule has 2 amide bonds. The summed E-state index contributed by atoms with van der Waals surface area (Å²) in [5.74, 6) is -0.614. The van der Waals surface area contributed by atoms with Gasteiger partial charge >= 0.3 is 0 Å². The first-order chi connectivity index (χ1) is 10.9. The molecule has 0 bridgehead atoms. The summed E-state index contributed by atoms with van der Waals surface area (Å²) in [4.78, 5) is 24.7. The van der Waals surface area contributed by atoms with Crippen molar-refractivity contribution in [2.45, 2.75) is 19.9 Å². The van der Waals surface area contributed by atoms with E-state index in [1.54, 1.807) is 42.5 Å². The van der Waals surface area contributed by atoms with Crippen molar-refractivity contribution in [2.24, 2.45) is 0 Å². The highest BCUT2D eigenvalue weighted by molar-refractivity contribution is 9.10. The van der Waals surface area contributed by atoms with Gasteiger partial charge < -0.3 is 10.6 Å². The Kier molecular flexibility index (Phi) is 5.80. The van der Waals surface area contributed by atoms with Gasteiger partial charge in [-0.25, -0.2) is 0 Å². The summed E-state index contributed by atoms with van der Waals surface area (Å²) in [6.45, 7) is 3.75. The van der Waals surface area contributed by atoms with Gasteiger partial charge in [0.1, 0.15) is 0 Å². The van der Waals surface area contributed by atoms with Crippen LogP contribution >= 0.6 is 27.5 Å². The van der Waals surface area contributed by atoms with Gasteiger partial charge in [0.05, 0.1) is 21.8 Å². The van der Waals surface area contributed by atoms with Crippen LogP contribution in [0.4, 0.5) is 5.69 Å². The molecule has 0 saturated heterocycles. The van der Waals surface area contributed by atoms with Gasteiger partial charge in [-0.2, -0.15) is 0 Å². The van der Waals surface area contributed by atoms with Gasteiger partial charge in [-0.3, -0.25) is 9.59 Å². The quantitative estimate of drug-likeness (QED) is 0.801. The maximum Gasteiger partial charge on any atom is 0.257 e. The number of carbonyl (C=O) groups excluding carboxylic acids is 2. The van der Waals surface area contributed by atoms with Gasteiger partial charge in [0.15, 0.2) is 0 Å². The summed E-state index contributed by atoms with van der Waals surface area (Å²) in [5.41, 5.74) is 1.17. The van der Waals surface area contributed by atoms with E-state index in [-0.39, 0.29) is 17.9 Å². The second-order valence-electron chi connectivity index (χ2n) is 5.25. The molecule has 2 N–H and O–H groups in total. The normalized spacial score (nSPS) is 10.5. The highest BCUT2D eigenvalue weighted by Crippen LogP contribution is 2.23. The van der Waals surface area contributed by atoms with Crippen LogP contribution in [0.1, 0.15) is 34.6 Å². The van der Waals surface area contributed by atoms with E-state index in [0.717, 1.165) is 4.47 Å². The minimum absolute atomic E-state index is 0.00535. The maximum absolute atomic E-state index is 12.4. The van der Waals surface area contributed by atoms with Crippen LogP contribution in [0, 0.1) is 0 Å². The summed E-state index contributed by atoms with van der Waals surface area (Å²) in [5, 5.41) is 5.90. The SMILES string of the molecule is CC(C)NC(=O)c1ccccc1NC(=O)c1cc(Br)ccc1Cl. The number of carbonyl (C=O) groups is 2. The number of hydrogen-bond donors (Lipinski definition) is 2. The van der Waals surface area contributed by atoms with Crippen LogP contribution in [0.2, 0.25) is 5.02 Å². The first kappa shape index (κ1) is 17.5. The number of halogens is 2. The van der Waals surface area contributed by atoms with Gasteiger partial charge in [-0.05, 0) is 44.2 Å². The molecule has 0 aromatic heterocycles. The average molecular weight is 396 g/mol. The molecule has 23 heavy (non-hydrogen) atoms. The van der Waals surface area contributed by atoms with Gasteiger partial charge in [-0.1, -0.05) is 39.7 Å². The van der Waals surface area contributed by atoms with Crippen LogP contribution in [0.3, 0.4) is 0 Å². The monoisotopic (exact) mass is 394 g/mol. The molecule has 2 aromatic carbocycles. The number of benzene rings is 2. The molecule has 0 heterocycles. The number of rotatable bonds is 4. The van der Waals surface area contributed by atoms with Gasteiger partial charge in [0.2, 0.25) is 0 Å². The van der Waals surface area contributed by atoms with E-state index in [9.17, 15) is 9.59 Å². The zero-order valence-electron chi connectivity index (χ0n) is 12.7. The van der Waals surface area contributed by atoms with Crippen molar-refractivity contribution in [3.63, 3.8) is 0 Å². The summed E-state index contributed by atoms with van der Waals surface area (Å²) in [6.07, 6.45) is 0. The molecule has 6 heteroatoms. The zero-order chi connectivity index (χ0) is 17.0. The van der Waals surface area contributed by atoms with Crippen LogP contribution < -0.4 is 10.6 Å². The van der Waals surface area contributed by atoms with Crippen molar-refractivity contribution < 1.29 is 9.59 Å². The number of para-hydroxylation sites is 1. The number of nitrogens with one attached hydrogen (secondary N) is 2. The summed E-state index contributed by atoms with van der Waals surface area (Å²) < 4.78 is 0.748. The van der Waals surface area contributed by atoms with E-state index < -0.39 is 0 Å². The lowest BCUT2D eigenvalue weighted by molar-refractivity contribution is 0.0944. The molecule has 0 aliphatic carbocycles. The van der Waals surface area contributed by atoms with Crippen LogP contribution in [-0.4, -0.2) is 17.9 Å². The molecular weight excluding hydrogens is 380 g/mol. The molecule has 0 aliphatic rings. The molecule has 2 aromatic rings. The second kappa shape index (κ2) is 7.62. The summed E-state index contributed by atoms with van der Waals surface area (Å²) in [7, 11) is 0. The van der Waals surface area contributed by atoms with E-state index in [2.05, 4.69) is 26.6 Å². The Morgan fingerprint density at radius 3 is 2.43 bits per heavy atom. The molecule has 0 saturated carbocycles. The highest BCUT2D eigenvalue weighted by atomic mass is 79.9. The zero-order valence-corrected chi connectivity index (χ0v) is 15.0. The molecule has 0 radical (unpaired) electrons. The summed E-state index contributed by atoms with van der Waals surface area (Å²) in [6, 6.07) is 11.9. The lowest BCUT2D eigenvalue weighted by Gasteiger charge is -2.13. The van der Waals surface area contributed by atoms with Crippen LogP contribution in [-0.2, 0) is 0 Å². The first-order valence-corrected chi connectivity index (χ1v) is 8.22. The van der Waals surface area contributed by atoms with Crippen molar-refractivity contribution in [2.75, 3.05) is 5.32 Å². The van der Waals surface area contributed by atoms with Gasteiger partial charge in [0, 0.05) is 10.5 Å². The fraction of sp³-hybridized carbons (Fsp3) is 0.176. The predicted octanol–water partition coefficient (Wildman–Crippen LogP) is 4.49. The van der Waals surface area contributed by atoms with Crippen molar-refractivity contribution in [3.05, 3.63) is 63.1 Å². The van der Waals surface area contributed by atoms with Crippen molar-refractivity contribution in [1.82, 2.24) is 5.32 Å². The Morgan fingerprint density at radius 1 is 1.04 bits per heavy atom. The molecular formula is C17H16BrClN2O2. The standard InChI is InChI=1S/C17H16BrClN2O2/c1-10(2)20-16(22)12-5-3-4-6-15(12)21-17(23)13-9-11(18)7-8-14(13)19/h3-10H,1-2H3,(H,20,22)(H,21,23). The largest absolute Gasteiger partial charge is 0.350 e. The van der Waals surface area contributed by atoms with Gasteiger partial charge in [0.25, 0.3) is 11.8 Å². The topological polar surface area (TPSA) is 58.2 Å². The molecule has 4 nitrogen and oxygen atoms in total. The Bertz CT molecular complexity index is 747. The smallest absolute Gasteiger partial charge is 0.257 e. The Labute approximate surface area is 148 Å². The van der Waals surface area contributed by atoms with E-state index in [4.69, 9.17) is 11.6 Å². The lowest BCUT2D eigenvalue weighted by Crippen LogP contribution is -2.31. The highest BCUT2D eigenvalue weighted by Gasteiger charge is 2.16. The van der Waals surface area contributed by atoms with E-state index >= 15 is 0 Å². The van der Waals surface area contributed by atoms with Crippen molar-refractivity contribution >= 4 is 45.0 Å². The summed E-state index contributed by atoms with van der Waals surface area (Å²) >= 11 is 9.38. The van der Waals surface area contributed by atoms with Crippen molar-refractivity contribution in [1.29, 1.82) is 0 Å². The molecule has 0 fully saturated rings. The molecule has 0 unspecified atom stereocenters.